The Bertz CT molecular complexity index is 845. The Balaban J connectivity index is 1.37. The van der Waals surface area contributed by atoms with Crippen molar-refractivity contribution >= 4 is 27.1 Å². The van der Waals surface area contributed by atoms with Crippen LogP contribution >= 0.6 is 11.3 Å². The third-order valence-corrected chi connectivity index (χ3v) is 9.82. The molecule has 1 aliphatic carbocycles. The van der Waals surface area contributed by atoms with Crippen LogP contribution in [0.25, 0.3) is 0 Å². The summed E-state index contributed by atoms with van der Waals surface area (Å²) in [5, 5.41) is 0. The number of amides is 1. The first-order valence-corrected chi connectivity index (χ1v) is 13.1. The van der Waals surface area contributed by atoms with Gasteiger partial charge in [0.15, 0.2) is 9.84 Å². The minimum Gasteiger partial charge on any atom is -0.335 e. The molecule has 2 aliphatic heterocycles. The molecule has 4 rings (SSSR count). The Kier molecular flexibility index (Phi) is 5.38. The van der Waals surface area contributed by atoms with Crippen LogP contribution in [0.3, 0.4) is 0 Å². The summed E-state index contributed by atoms with van der Waals surface area (Å²) in [5.41, 5.74) is 1.70. The number of carbonyl (C=O) groups excluding carboxylic acids is 1. The van der Waals surface area contributed by atoms with Gasteiger partial charge < -0.3 is 4.90 Å². The van der Waals surface area contributed by atoms with Crippen LogP contribution in [-0.4, -0.2) is 67.9 Å². The molecule has 0 aromatic carbocycles. The number of hydrogen-bond acceptors (Lipinski definition) is 5. The molecule has 1 aromatic heterocycles. The molecule has 2 saturated heterocycles. The number of hydrogen-bond donors (Lipinski definition) is 0. The van der Waals surface area contributed by atoms with Crippen LogP contribution in [0.5, 0.6) is 0 Å². The van der Waals surface area contributed by atoms with Gasteiger partial charge >= 0.3 is 0 Å². The number of rotatable bonds is 2. The van der Waals surface area contributed by atoms with E-state index in [4.69, 9.17) is 0 Å². The van der Waals surface area contributed by atoms with E-state index >= 15 is 0 Å². The minimum absolute atomic E-state index is 0.144. The van der Waals surface area contributed by atoms with Crippen molar-refractivity contribution in [1.29, 1.82) is 0 Å². The zero-order valence-corrected chi connectivity index (χ0v) is 18.9. The third-order valence-electron chi connectivity index (χ3n) is 6.84. The molecule has 3 aliphatic rings. The highest BCUT2D eigenvalue weighted by Gasteiger charge is 2.35. The summed E-state index contributed by atoms with van der Waals surface area (Å²) in [6.07, 6.45) is 4.14. The molecule has 2 fully saturated rings. The van der Waals surface area contributed by atoms with Crippen LogP contribution in [0, 0.1) is 11.3 Å². The highest BCUT2D eigenvalue weighted by atomic mass is 32.2. The second-order valence-electron chi connectivity index (χ2n) is 9.75. The third kappa shape index (κ3) is 4.17. The molecule has 0 radical (unpaired) electrons. The van der Waals surface area contributed by atoms with E-state index in [0.29, 0.717) is 30.2 Å². The van der Waals surface area contributed by atoms with Crippen LogP contribution in [0.4, 0.5) is 0 Å². The first-order chi connectivity index (χ1) is 13.1. The van der Waals surface area contributed by atoms with Gasteiger partial charge in [0.2, 0.25) is 0 Å². The molecule has 1 aromatic rings. The number of nitrogens with zero attached hydrogens (tertiary/aromatic N) is 2. The molecule has 156 valence electrons. The van der Waals surface area contributed by atoms with Gasteiger partial charge in [0.1, 0.15) is 0 Å². The maximum atomic E-state index is 13.0. The van der Waals surface area contributed by atoms with Crippen LogP contribution in [0.2, 0.25) is 0 Å². The number of piperazine rings is 1. The first kappa shape index (κ1) is 20.4. The van der Waals surface area contributed by atoms with E-state index in [0.717, 1.165) is 37.2 Å². The maximum absolute atomic E-state index is 13.0. The summed E-state index contributed by atoms with van der Waals surface area (Å²) in [7, 11) is -2.86. The van der Waals surface area contributed by atoms with Gasteiger partial charge in [0.05, 0.1) is 16.4 Å². The quantitative estimate of drug-likeness (QED) is 0.733. The molecule has 0 saturated carbocycles. The van der Waals surface area contributed by atoms with Gasteiger partial charge in [0, 0.05) is 37.1 Å². The molecule has 1 amide bonds. The highest BCUT2D eigenvalue weighted by molar-refractivity contribution is 7.91. The van der Waals surface area contributed by atoms with Crippen molar-refractivity contribution in [2.24, 2.45) is 11.3 Å². The largest absolute Gasteiger partial charge is 0.335 e. The SMILES string of the molecule is CC(C)(C)[C@H]1CCc2sc(C(=O)N3CCN([C@@H]4CCS(=O)(=O)C4)CC3)cc2C1. The summed E-state index contributed by atoms with van der Waals surface area (Å²) in [4.78, 5) is 19.6. The molecule has 2 atom stereocenters. The molecule has 0 N–H and O–H groups in total. The van der Waals surface area contributed by atoms with E-state index in [1.807, 2.05) is 4.90 Å². The fourth-order valence-corrected chi connectivity index (χ4v) is 7.82. The lowest BCUT2D eigenvalue weighted by Crippen LogP contribution is -2.52. The van der Waals surface area contributed by atoms with Crippen LogP contribution in [-0.2, 0) is 22.7 Å². The van der Waals surface area contributed by atoms with Crippen LogP contribution < -0.4 is 0 Å². The summed E-state index contributed by atoms with van der Waals surface area (Å²) in [5.74, 6) is 1.44. The Morgan fingerprint density at radius 3 is 2.46 bits per heavy atom. The Labute approximate surface area is 173 Å². The number of thiophene rings is 1. The molecule has 0 unspecified atom stereocenters. The van der Waals surface area contributed by atoms with Gasteiger partial charge in [-0.1, -0.05) is 20.8 Å². The van der Waals surface area contributed by atoms with Gasteiger partial charge in [-0.15, -0.1) is 11.3 Å². The predicted octanol–water partition coefficient (Wildman–Crippen LogP) is 2.84. The van der Waals surface area contributed by atoms with Gasteiger partial charge in [-0.05, 0) is 48.6 Å². The second kappa shape index (κ2) is 7.40. The minimum atomic E-state index is -2.86. The lowest BCUT2D eigenvalue weighted by Gasteiger charge is -2.37. The molecule has 3 heterocycles. The maximum Gasteiger partial charge on any atom is 0.264 e. The predicted molar refractivity (Wildman–Crippen MR) is 114 cm³/mol. The number of aryl methyl sites for hydroxylation is 1. The van der Waals surface area contributed by atoms with E-state index in [-0.39, 0.29) is 17.7 Å². The van der Waals surface area contributed by atoms with Crippen molar-refractivity contribution in [3.8, 4) is 0 Å². The molecular formula is C21H32N2O3S2. The fraction of sp³-hybridized carbons (Fsp3) is 0.762. The molecular weight excluding hydrogens is 392 g/mol. The number of sulfone groups is 1. The summed E-state index contributed by atoms with van der Waals surface area (Å²) >= 11 is 1.69. The van der Waals surface area contributed by atoms with Crippen molar-refractivity contribution in [3.63, 3.8) is 0 Å². The molecule has 7 heteroatoms. The van der Waals surface area contributed by atoms with Crippen molar-refractivity contribution < 1.29 is 13.2 Å². The Hall–Kier alpha value is -0.920. The topological polar surface area (TPSA) is 57.7 Å². The van der Waals surface area contributed by atoms with Gasteiger partial charge in [-0.2, -0.15) is 0 Å². The Morgan fingerprint density at radius 1 is 1.14 bits per heavy atom. The molecule has 5 nitrogen and oxygen atoms in total. The van der Waals surface area contributed by atoms with E-state index in [1.54, 1.807) is 11.3 Å². The van der Waals surface area contributed by atoms with E-state index in [1.165, 1.54) is 16.9 Å². The number of fused-ring (bicyclic) bond motifs is 1. The summed E-state index contributed by atoms with van der Waals surface area (Å²) in [6.45, 7) is 9.90. The van der Waals surface area contributed by atoms with E-state index < -0.39 is 9.84 Å². The van der Waals surface area contributed by atoms with Gasteiger partial charge in [-0.3, -0.25) is 9.69 Å². The standard InChI is InChI=1S/C21H32N2O3S2/c1-21(2,3)16-4-5-18-15(12-16)13-19(27-18)20(24)23-9-7-22(8-10-23)17-6-11-28(25,26)14-17/h13,16-17H,4-12,14H2,1-3H3/t16-,17+/m0/s1. The van der Waals surface area contributed by atoms with Crippen molar-refractivity contribution in [2.75, 3.05) is 37.7 Å². The monoisotopic (exact) mass is 424 g/mol. The summed E-state index contributed by atoms with van der Waals surface area (Å²) < 4.78 is 23.5. The van der Waals surface area contributed by atoms with Crippen molar-refractivity contribution in [1.82, 2.24) is 9.80 Å². The van der Waals surface area contributed by atoms with Crippen LogP contribution in [0.15, 0.2) is 6.07 Å². The molecule has 28 heavy (non-hydrogen) atoms. The van der Waals surface area contributed by atoms with E-state index in [9.17, 15) is 13.2 Å². The van der Waals surface area contributed by atoms with Gasteiger partial charge in [-0.25, -0.2) is 8.42 Å². The zero-order valence-electron chi connectivity index (χ0n) is 17.2. The summed E-state index contributed by atoms with van der Waals surface area (Å²) in [6, 6.07) is 2.29. The van der Waals surface area contributed by atoms with Gasteiger partial charge in [0.25, 0.3) is 5.91 Å². The van der Waals surface area contributed by atoms with Crippen molar-refractivity contribution in [2.45, 2.75) is 52.5 Å². The van der Waals surface area contributed by atoms with Crippen LogP contribution in [0.1, 0.15) is 53.7 Å². The lowest BCUT2D eigenvalue weighted by atomic mass is 9.72. The second-order valence-corrected chi connectivity index (χ2v) is 13.1. The average molecular weight is 425 g/mol. The molecule has 0 bridgehead atoms. The first-order valence-electron chi connectivity index (χ1n) is 10.5. The van der Waals surface area contributed by atoms with E-state index in [2.05, 4.69) is 31.7 Å². The molecule has 0 spiro atoms. The lowest BCUT2D eigenvalue weighted by molar-refractivity contribution is 0.0592. The average Bonchev–Trinajstić information content (AvgIpc) is 3.22. The smallest absolute Gasteiger partial charge is 0.264 e. The van der Waals surface area contributed by atoms with Crippen molar-refractivity contribution in [3.05, 3.63) is 21.4 Å². The number of carbonyl (C=O) groups is 1. The fourth-order valence-electron chi connectivity index (χ4n) is 4.88. The Morgan fingerprint density at radius 2 is 1.86 bits per heavy atom. The highest BCUT2D eigenvalue weighted by Crippen LogP contribution is 2.40. The normalized spacial score (nSPS) is 28.3. The zero-order chi connectivity index (χ0) is 20.1.